The Morgan fingerprint density at radius 2 is 1.61 bits per heavy atom. The SMILES string of the molecule is CC(C)(C)C(Nc1ccccc1)c1ccccn1. The molecule has 0 aliphatic rings. The minimum absolute atomic E-state index is 0.101. The molecule has 0 bridgehead atoms. The van der Waals surface area contributed by atoms with Crippen molar-refractivity contribution in [2.45, 2.75) is 26.8 Å². The maximum Gasteiger partial charge on any atom is 0.0733 e. The molecule has 18 heavy (non-hydrogen) atoms. The highest BCUT2D eigenvalue weighted by molar-refractivity contribution is 5.45. The van der Waals surface area contributed by atoms with Gasteiger partial charge in [0.1, 0.15) is 0 Å². The molecule has 2 nitrogen and oxygen atoms in total. The van der Waals surface area contributed by atoms with Gasteiger partial charge in [0.15, 0.2) is 0 Å². The van der Waals surface area contributed by atoms with E-state index >= 15 is 0 Å². The van der Waals surface area contributed by atoms with E-state index in [1.54, 1.807) is 0 Å². The molecule has 0 saturated heterocycles. The predicted molar refractivity (Wildman–Crippen MR) is 76.5 cm³/mol. The van der Waals surface area contributed by atoms with Gasteiger partial charge in [-0.1, -0.05) is 45.0 Å². The van der Waals surface area contributed by atoms with Gasteiger partial charge in [0.2, 0.25) is 0 Å². The summed E-state index contributed by atoms with van der Waals surface area (Å²) in [7, 11) is 0. The number of benzene rings is 1. The third-order valence-corrected chi connectivity index (χ3v) is 2.93. The molecule has 0 spiro atoms. The van der Waals surface area contributed by atoms with Crippen molar-refractivity contribution in [2.75, 3.05) is 5.32 Å². The molecule has 0 saturated carbocycles. The van der Waals surface area contributed by atoms with Crippen molar-refractivity contribution < 1.29 is 0 Å². The van der Waals surface area contributed by atoms with Crippen LogP contribution in [0.1, 0.15) is 32.5 Å². The van der Waals surface area contributed by atoms with Gasteiger partial charge in [-0.3, -0.25) is 4.98 Å². The second-order valence-corrected chi connectivity index (χ2v) is 5.56. The van der Waals surface area contributed by atoms with Crippen molar-refractivity contribution in [3.8, 4) is 0 Å². The summed E-state index contributed by atoms with van der Waals surface area (Å²) >= 11 is 0. The maximum atomic E-state index is 4.48. The van der Waals surface area contributed by atoms with Gasteiger partial charge in [0.25, 0.3) is 0 Å². The minimum Gasteiger partial charge on any atom is -0.376 e. The summed E-state index contributed by atoms with van der Waals surface area (Å²) in [5, 5.41) is 3.57. The van der Waals surface area contributed by atoms with E-state index in [-0.39, 0.29) is 11.5 Å². The molecular weight excluding hydrogens is 220 g/mol. The van der Waals surface area contributed by atoms with Crippen molar-refractivity contribution in [1.82, 2.24) is 4.98 Å². The lowest BCUT2D eigenvalue weighted by molar-refractivity contribution is 0.342. The van der Waals surface area contributed by atoms with E-state index in [9.17, 15) is 0 Å². The smallest absolute Gasteiger partial charge is 0.0733 e. The first-order valence-electron chi connectivity index (χ1n) is 6.30. The van der Waals surface area contributed by atoms with Crippen molar-refractivity contribution >= 4 is 5.69 Å². The van der Waals surface area contributed by atoms with Crippen LogP contribution >= 0.6 is 0 Å². The zero-order valence-electron chi connectivity index (χ0n) is 11.2. The Balaban J connectivity index is 2.28. The molecule has 0 aliphatic heterocycles. The van der Waals surface area contributed by atoms with Crippen LogP contribution in [-0.2, 0) is 0 Å². The lowest BCUT2D eigenvalue weighted by Gasteiger charge is -2.32. The number of rotatable bonds is 3. The summed E-state index contributed by atoms with van der Waals surface area (Å²) < 4.78 is 0. The molecule has 2 aromatic rings. The summed E-state index contributed by atoms with van der Waals surface area (Å²) in [6.07, 6.45) is 1.85. The fraction of sp³-hybridized carbons (Fsp3) is 0.312. The molecule has 1 atom stereocenters. The third kappa shape index (κ3) is 3.10. The monoisotopic (exact) mass is 240 g/mol. The van der Waals surface area contributed by atoms with Gasteiger partial charge in [-0.2, -0.15) is 0 Å². The Hall–Kier alpha value is -1.83. The second-order valence-electron chi connectivity index (χ2n) is 5.56. The van der Waals surface area contributed by atoms with E-state index in [0.717, 1.165) is 11.4 Å². The van der Waals surface area contributed by atoms with E-state index in [0.29, 0.717) is 0 Å². The maximum absolute atomic E-state index is 4.48. The molecule has 1 N–H and O–H groups in total. The topological polar surface area (TPSA) is 24.9 Å². The highest BCUT2D eigenvalue weighted by atomic mass is 15.0. The summed E-state index contributed by atoms with van der Waals surface area (Å²) in [5.41, 5.74) is 2.31. The molecule has 1 aromatic carbocycles. The number of nitrogens with zero attached hydrogens (tertiary/aromatic N) is 1. The largest absolute Gasteiger partial charge is 0.376 e. The highest BCUT2D eigenvalue weighted by Gasteiger charge is 2.27. The molecule has 1 unspecified atom stereocenters. The van der Waals surface area contributed by atoms with Gasteiger partial charge < -0.3 is 5.32 Å². The second kappa shape index (κ2) is 5.21. The van der Waals surface area contributed by atoms with Crippen molar-refractivity contribution in [1.29, 1.82) is 0 Å². The number of hydrogen-bond acceptors (Lipinski definition) is 2. The van der Waals surface area contributed by atoms with Crippen LogP contribution < -0.4 is 5.32 Å². The zero-order valence-corrected chi connectivity index (χ0v) is 11.2. The van der Waals surface area contributed by atoms with Crippen LogP contribution in [0.3, 0.4) is 0 Å². The minimum atomic E-state index is 0.101. The molecule has 2 heteroatoms. The van der Waals surface area contributed by atoms with E-state index in [1.807, 2.05) is 36.5 Å². The van der Waals surface area contributed by atoms with Crippen LogP contribution in [0, 0.1) is 5.41 Å². The van der Waals surface area contributed by atoms with Crippen LogP contribution in [-0.4, -0.2) is 4.98 Å². The first kappa shape index (κ1) is 12.6. The Labute approximate surface area is 109 Å². The normalized spacial score (nSPS) is 13.1. The van der Waals surface area contributed by atoms with Crippen molar-refractivity contribution in [3.63, 3.8) is 0 Å². The van der Waals surface area contributed by atoms with Gasteiger partial charge in [-0.15, -0.1) is 0 Å². The number of para-hydroxylation sites is 1. The molecule has 0 radical (unpaired) electrons. The number of nitrogens with one attached hydrogen (secondary N) is 1. The number of hydrogen-bond donors (Lipinski definition) is 1. The van der Waals surface area contributed by atoms with Gasteiger partial charge >= 0.3 is 0 Å². The third-order valence-electron chi connectivity index (χ3n) is 2.93. The van der Waals surface area contributed by atoms with Gasteiger partial charge in [-0.25, -0.2) is 0 Å². The fourth-order valence-corrected chi connectivity index (χ4v) is 1.98. The Kier molecular flexibility index (Phi) is 3.66. The fourth-order valence-electron chi connectivity index (χ4n) is 1.98. The van der Waals surface area contributed by atoms with E-state index in [4.69, 9.17) is 0 Å². The summed E-state index contributed by atoms with van der Waals surface area (Å²) in [6.45, 7) is 6.67. The standard InChI is InChI=1S/C16H20N2/c1-16(2,3)15(14-11-7-8-12-17-14)18-13-9-5-4-6-10-13/h4-12,15,18H,1-3H3. The summed E-state index contributed by atoms with van der Waals surface area (Å²) in [6, 6.07) is 16.5. The molecule has 1 aromatic heterocycles. The van der Waals surface area contributed by atoms with Crippen LogP contribution in [0.2, 0.25) is 0 Å². The van der Waals surface area contributed by atoms with Gasteiger partial charge in [-0.05, 0) is 29.7 Å². The first-order valence-corrected chi connectivity index (χ1v) is 6.30. The van der Waals surface area contributed by atoms with Crippen LogP contribution in [0.5, 0.6) is 0 Å². The summed E-state index contributed by atoms with van der Waals surface area (Å²) in [4.78, 5) is 4.48. The predicted octanol–water partition coefficient (Wildman–Crippen LogP) is 4.28. The van der Waals surface area contributed by atoms with E-state index in [2.05, 4.69) is 49.3 Å². The average Bonchev–Trinajstić information content (AvgIpc) is 2.37. The Morgan fingerprint density at radius 3 is 2.17 bits per heavy atom. The lowest BCUT2D eigenvalue weighted by Crippen LogP contribution is -2.26. The molecular formula is C16H20N2. The first-order chi connectivity index (χ1) is 8.57. The van der Waals surface area contributed by atoms with E-state index < -0.39 is 0 Å². The molecule has 2 rings (SSSR count). The van der Waals surface area contributed by atoms with E-state index in [1.165, 1.54) is 0 Å². The van der Waals surface area contributed by atoms with Gasteiger partial charge in [0.05, 0.1) is 11.7 Å². The molecule has 0 aliphatic carbocycles. The quantitative estimate of drug-likeness (QED) is 0.866. The molecule has 94 valence electrons. The average molecular weight is 240 g/mol. The van der Waals surface area contributed by atoms with Crippen LogP contribution in [0.4, 0.5) is 5.69 Å². The van der Waals surface area contributed by atoms with Gasteiger partial charge in [0, 0.05) is 11.9 Å². The summed E-state index contributed by atoms with van der Waals surface area (Å²) in [5.74, 6) is 0. The highest BCUT2D eigenvalue weighted by Crippen LogP contribution is 2.34. The lowest BCUT2D eigenvalue weighted by atomic mass is 9.84. The van der Waals surface area contributed by atoms with Crippen LogP contribution in [0.25, 0.3) is 0 Å². The zero-order chi connectivity index (χ0) is 13.0. The van der Waals surface area contributed by atoms with Crippen LogP contribution in [0.15, 0.2) is 54.7 Å². The van der Waals surface area contributed by atoms with Crippen molar-refractivity contribution in [2.24, 2.45) is 5.41 Å². The number of anilines is 1. The van der Waals surface area contributed by atoms with Crippen molar-refractivity contribution in [3.05, 3.63) is 60.4 Å². The number of pyridine rings is 1. The Bertz CT molecular complexity index is 471. The number of aromatic nitrogens is 1. The Morgan fingerprint density at radius 1 is 0.944 bits per heavy atom. The molecule has 0 amide bonds. The molecule has 1 heterocycles. The molecule has 0 fully saturated rings.